The average Bonchev–Trinajstić information content (AvgIpc) is 2.86. The molecule has 1 N–H and O–H groups in total. The minimum Gasteiger partial charge on any atom is -0.462 e. The average molecular weight is 283 g/mol. The maximum absolute atomic E-state index is 11.7. The molecule has 0 fully saturated rings. The van der Waals surface area contributed by atoms with Gasteiger partial charge in [0.25, 0.3) is 0 Å². The van der Waals surface area contributed by atoms with Gasteiger partial charge in [-0.05, 0) is 51.1 Å². The van der Waals surface area contributed by atoms with Gasteiger partial charge in [0.05, 0.1) is 4.91 Å². The molecule has 1 aromatic heterocycles. The quantitative estimate of drug-likeness (QED) is 0.823. The molecule has 1 atom stereocenters. The lowest BCUT2D eigenvalue weighted by Gasteiger charge is -2.02. The molecule has 0 bridgehead atoms. The van der Waals surface area contributed by atoms with E-state index in [1.165, 1.54) is 0 Å². The number of rotatable bonds is 5. The van der Waals surface area contributed by atoms with Gasteiger partial charge < -0.3 is 4.42 Å². The summed E-state index contributed by atoms with van der Waals surface area (Å²) in [6, 6.07) is 3.85. The van der Waals surface area contributed by atoms with E-state index in [2.05, 4.69) is 4.72 Å². The van der Waals surface area contributed by atoms with E-state index in [-0.39, 0.29) is 0 Å². The van der Waals surface area contributed by atoms with Gasteiger partial charge in [-0.15, -0.1) is 0 Å². The Morgan fingerprint density at radius 2 is 2.05 bits per heavy atom. The molecule has 108 valence electrons. The highest BCUT2D eigenvalue weighted by Crippen LogP contribution is 2.19. The van der Waals surface area contributed by atoms with Crippen LogP contribution in [0.25, 0.3) is 5.57 Å². The fraction of sp³-hybridized carbons (Fsp3) is 0.467. The van der Waals surface area contributed by atoms with E-state index in [9.17, 15) is 4.21 Å². The zero-order valence-corrected chi connectivity index (χ0v) is 13.6. The van der Waals surface area contributed by atoms with E-state index < -0.39 is 11.0 Å². The summed E-state index contributed by atoms with van der Waals surface area (Å²) in [5.41, 5.74) is 0.974. The summed E-state index contributed by atoms with van der Waals surface area (Å²) in [7, 11) is 0.521. The first-order valence-electron chi connectivity index (χ1n) is 6.63. The molecular formula is C15H25NO2S. The predicted molar refractivity (Wildman–Crippen MR) is 84.0 cm³/mol. The molecule has 0 aliphatic heterocycles. The van der Waals surface area contributed by atoms with Gasteiger partial charge in [0, 0.05) is 0 Å². The molecule has 19 heavy (non-hydrogen) atoms. The Morgan fingerprint density at radius 3 is 2.47 bits per heavy atom. The minimum atomic E-state index is -1.16. The fourth-order valence-electron chi connectivity index (χ4n) is 1.44. The Labute approximate surface area is 119 Å². The molecule has 0 aliphatic carbocycles. The summed E-state index contributed by atoms with van der Waals surface area (Å²) in [6.45, 7) is 9.88. The first-order valence-corrected chi connectivity index (χ1v) is 7.78. The predicted octanol–water partition coefficient (Wildman–Crippen LogP) is 4.19. The van der Waals surface area contributed by atoms with Crippen molar-refractivity contribution in [3.8, 4) is 0 Å². The summed E-state index contributed by atoms with van der Waals surface area (Å²) in [5.74, 6) is 1.70. The summed E-state index contributed by atoms with van der Waals surface area (Å²) in [5, 5.41) is 0. The number of nitrogens with one attached hydrogen (secondary N) is 1. The standard InChI is InChI=1S/C13H19NO2S.C2H6/c1-5-6-12(17(15)14-4)9-10(2)13-8-7-11(3)16-13;1-2/h6-9,14H,5H2,1-4H3;1-2H3/b10-9+,12-6+;. The lowest BCUT2D eigenvalue weighted by Crippen LogP contribution is -2.11. The van der Waals surface area contributed by atoms with Crippen LogP contribution in [0, 0.1) is 6.92 Å². The second-order valence-electron chi connectivity index (χ2n) is 3.73. The molecule has 4 heteroatoms. The van der Waals surface area contributed by atoms with Crippen LogP contribution in [-0.4, -0.2) is 11.3 Å². The van der Waals surface area contributed by atoms with E-state index in [4.69, 9.17) is 4.42 Å². The zero-order chi connectivity index (χ0) is 14.8. The van der Waals surface area contributed by atoms with Crippen molar-refractivity contribution in [2.75, 3.05) is 7.05 Å². The Kier molecular flexibility index (Phi) is 9.17. The van der Waals surface area contributed by atoms with Crippen LogP contribution < -0.4 is 4.72 Å². The first kappa shape index (κ1) is 17.9. The Balaban J connectivity index is 0.00000154. The Morgan fingerprint density at radius 1 is 1.42 bits per heavy atom. The summed E-state index contributed by atoms with van der Waals surface area (Å²) in [6.07, 6.45) is 4.70. The minimum absolute atomic E-state index is 0.779. The van der Waals surface area contributed by atoms with Crippen LogP contribution in [0.5, 0.6) is 0 Å². The van der Waals surface area contributed by atoms with Crippen LogP contribution in [0.15, 0.2) is 33.6 Å². The number of furan rings is 1. The highest BCUT2D eigenvalue weighted by atomic mass is 32.2. The third-order valence-electron chi connectivity index (χ3n) is 2.29. The molecular weight excluding hydrogens is 258 g/mol. The molecule has 0 amide bonds. The molecule has 1 unspecified atom stereocenters. The number of aryl methyl sites for hydroxylation is 1. The smallest absolute Gasteiger partial charge is 0.129 e. The topological polar surface area (TPSA) is 42.2 Å². The van der Waals surface area contributed by atoms with E-state index >= 15 is 0 Å². The molecule has 1 aromatic rings. The second kappa shape index (κ2) is 9.75. The molecule has 0 spiro atoms. The third-order valence-corrected chi connectivity index (χ3v) is 3.38. The van der Waals surface area contributed by atoms with Crippen LogP contribution in [0.4, 0.5) is 0 Å². The number of hydrogen-bond donors (Lipinski definition) is 1. The number of allylic oxidation sites excluding steroid dienone is 3. The Hall–Kier alpha value is -1.13. The maximum atomic E-state index is 11.7. The largest absolute Gasteiger partial charge is 0.462 e. The van der Waals surface area contributed by atoms with Gasteiger partial charge in [-0.2, -0.15) is 0 Å². The molecule has 1 heterocycles. The van der Waals surface area contributed by atoms with Crippen molar-refractivity contribution >= 4 is 16.6 Å². The van der Waals surface area contributed by atoms with Crippen LogP contribution in [0.1, 0.15) is 45.6 Å². The monoisotopic (exact) mass is 283 g/mol. The van der Waals surface area contributed by atoms with Crippen molar-refractivity contribution in [3.63, 3.8) is 0 Å². The van der Waals surface area contributed by atoms with E-state index in [0.29, 0.717) is 0 Å². The van der Waals surface area contributed by atoms with Crippen molar-refractivity contribution in [1.29, 1.82) is 0 Å². The maximum Gasteiger partial charge on any atom is 0.129 e. The zero-order valence-electron chi connectivity index (χ0n) is 12.7. The van der Waals surface area contributed by atoms with Gasteiger partial charge in [0.1, 0.15) is 22.5 Å². The highest BCUT2D eigenvalue weighted by Gasteiger charge is 2.06. The summed E-state index contributed by atoms with van der Waals surface area (Å²) >= 11 is 0. The van der Waals surface area contributed by atoms with Gasteiger partial charge in [0.2, 0.25) is 0 Å². The van der Waals surface area contributed by atoms with E-state index in [0.717, 1.165) is 28.4 Å². The van der Waals surface area contributed by atoms with Gasteiger partial charge in [-0.1, -0.05) is 26.8 Å². The van der Waals surface area contributed by atoms with Crippen molar-refractivity contribution in [1.82, 2.24) is 4.72 Å². The van der Waals surface area contributed by atoms with E-state index in [1.54, 1.807) is 7.05 Å². The SMILES string of the molecule is CC.CC/C=C(\C=C(/C)c1ccc(C)o1)S(=O)NC. The van der Waals surface area contributed by atoms with Gasteiger partial charge >= 0.3 is 0 Å². The normalized spacial score (nSPS) is 13.8. The third kappa shape index (κ3) is 6.03. The first-order chi connectivity index (χ1) is 9.08. The second-order valence-corrected chi connectivity index (χ2v) is 5.14. The summed E-state index contributed by atoms with van der Waals surface area (Å²) in [4.78, 5) is 0.779. The molecule has 0 saturated carbocycles. The van der Waals surface area contributed by atoms with Crippen LogP contribution >= 0.6 is 0 Å². The molecule has 3 nitrogen and oxygen atoms in total. The van der Waals surface area contributed by atoms with Gasteiger partial charge in [-0.25, -0.2) is 8.93 Å². The van der Waals surface area contributed by atoms with Crippen molar-refractivity contribution in [2.24, 2.45) is 0 Å². The molecule has 0 aromatic carbocycles. The van der Waals surface area contributed by atoms with Crippen LogP contribution in [-0.2, 0) is 11.0 Å². The highest BCUT2D eigenvalue weighted by molar-refractivity contribution is 7.87. The summed E-state index contributed by atoms with van der Waals surface area (Å²) < 4.78 is 20.0. The van der Waals surface area contributed by atoms with Crippen molar-refractivity contribution in [3.05, 3.63) is 40.7 Å². The van der Waals surface area contributed by atoms with Crippen molar-refractivity contribution < 1.29 is 8.63 Å². The van der Waals surface area contributed by atoms with Crippen LogP contribution in [0.3, 0.4) is 0 Å². The van der Waals surface area contributed by atoms with Gasteiger partial charge in [-0.3, -0.25) is 0 Å². The van der Waals surface area contributed by atoms with E-state index in [1.807, 2.05) is 58.9 Å². The van der Waals surface area contributed by atoms with Crippen molar-refractivity contribution in [2.45, 2.75) is 41.0 Å². The molecule has 0 saturated heterocycles. The van der Waals surface area contributed by atoms with Gasteiger partial charge in [0.15, 0.2) is 0 Å². The molecule has 1 rings (SSSR count). The molecule has 0 aliphatic rings. The lowest BCUT2D eigenvalue weighted by atomic mass is 10.2. The number of hydrogen-bond acceptors (Lipinski definition) is 2. The fourth-order valence-corrected chi connectivity index (χ4v) is 2.28. The Bertz CT molecular complexity index is 458. The lowest BCUT2D eigenvalue weighted by molar-refractivity contribution is 0.521. The molecule has 0 radical (unpaired) electrons. The van der Waals surface area contributed by atoms with Crippen LogP contribution in [0.2, 0.25) is 0 Å².